The van der Waals surface area contributed by atoms with Crippen LogP contribution in [0.15, 0.2) is 0 Å². The van der Waals surface area contributed by atoms with Crippen molar-refractivity contribution in [3.63, 3.8) is 0 Å². The van der Waals surface area contributed by atoms with Crippen LogP contribution in [0.1, 0.15) is 33.9 Å². The summed E-state index contributed by atoms with van der Waals surface area (Å²) in [5.41, 5.74) is 3.67. The zero-order chi connectivity index (χ0) is 16.3. The van der Waals surface area contributed by atoms with Crippen LogP contribution < -0.4 is 10.6 Å². The maximum atomic E-state index is 12.0. The molecule has 22 heavy (non-hydrogen) atoms. The Morgan fingerprint density at radius 2 is 1.95 bits per heavy atom. The van der Waals surface area contributed by atoms with Gasteiger partial charge in [-0.1, -0.05) is 0 Å². The van der Waals surface area contributed by atoms with Crippen LogP contribution in [0.3, 0.4) is 0 Å². The van der Waals surface area contributed by atoms with Crippen molar-refractivity contribution >= 4 is 23.1 Å². The first-order valence-electron chi connectivity index (χ1n) is 7.44. The maximum Gasteiger partial charge on any atom is 0.319 e. The highest BCUT2D eigenvalue weighted by atomic mass is 32.1. The van der Waals surface area contributed by atoms with Crippen LogP contribution in [0.4, 0.5) is 10.5 Å². The van der Waals surface area contributed by atoms with E-state index in [-0.39, 0.29) is 6.03 Å². The normalized spacial score (nSPS) is 10.8. The molecule has 0 aliphatic carbocycles. The number of aryl methyl sites for hydroxylation is 4. The van der Waals surface area contributed by atoms with Crippen molar-refractivity contribution in [2.24, 2.45) is 0 Å². The van der Waals surface area contributed by atoms with Gasteiger partial charge in [0.25, 0.3) is 0 Å². The van der Waals surface area contributed by atoms with E-state index in [0.29, 0.717) is 6.54 Å². The molecule has 0 aromatic carbocycles. The van der Waals surface area contributed by atoms with Gasteiger partial charge < -0.3 is 10.6 Å². The summed E-state index contributed by atoms with van der Waals surface area (Å²) < 4.78 is 1.88. The molecular formula is C15H23N5OS. The van der Waals surface area contributed by atoms with Crippen LogP contribution in [-0.4, -0.2) is 27.3 Å². The van der Waals surface area contributed by atoms with E-state index in [9.17, 15) is 4.79 Å². The van der Waals surface area contributed by atoms with Crippen molar-refractivity contribution in [3.05, 3.63) is 27.0 Å². The molecule has 0 aliphatic rings. The number of amides is 2. The molecule has 0 saturated heterocycles. The van der Waals surface area contributed by atoms with Gasteiger partial charge in [-0.3, -0.25) is 4.68 Å². The molecule has 0 radical (unpaired) electrons. The maximum absolute atomic E-state index is 12.0. The Morgan fingerprint density at radius 1 is 1.23 bits per heavy atom. The van der Waals surface area contributed by atoms with Crippen LogP contribution in [0.2, 0.25) is 0 Å². The van der Waals surface area contributed by atoms with E-state index in [2.05, 4.69) is 27.6 Å². The van der Waals surface area contributed by atoms with Gasteiger partial charge in [-0.05, 0) is 34.6 Å². The minimum atomic E-state index is -0.202. The van der Waals surface area contributed by atoms with Crippen molar-refractivity contribution in [1.29, 1.82) is 0 Å². The first-order chi connectivity index (χ1) is 10.4. The number of hydrogen-bond acceptors (Lipinski definition) is 4. The molecule has 2 N–H and O–H groups in total. The van der Waals surface area contributed by atoms with Gasteiger partial charge >= 0.3 is 6.03 Å². The number of rotatable bonds is 5. The summed E-state index contributed by atoms with van der Waals surface area (Å²) in [6.45, 7) is 11.3. The van der Waals surface area contributed by atoms with E-state index in [0.717, 1.165) is 40.7 Å². The van der Waals surface area contributed by atoms with E-state index >= 15 is 0 Å². The molecule has 0 aliphatic heterocycles. The first kappa shape index (κ1) is 16.5. The third-order valence-electron chi connectivity index (χ3n) is 3.62. The molecule has 2 aromatic rings. The van der Waals surface area contributed by atoms with Crippen LogP contribution in [-0.2, 0) is 13.0 Å². The number of thiazole rings is 1. The van der Waals surface area contributed by atoms with Crippen LogP contribution in [0, 0.1) is 27.7 Å². The Balaban J connectivity index is 1.87. The summed E-state index contributed by atoms with van der Waals surface area (Å²) in [6.07, 6.45) is 0.749. The predicted molar refractivity (Wildman–Crippen MR) is 89.7 cm³/mol. The Labute approximate surface area is 135 Å². The van der Waals surface area contributed by atoms with Crippen molar-refractivity contribution in [1.82, 2.24) is 20.1 Å². The third kappa shape index (κ3) is 3.65. The van der Waals surface area contributed by atoms with Crippen molar-refractivity contribution in [2.75, 3.05) is 11.9 Å². The van der Waals surface area contributed by atoms with Crippen molar-refractivity contribution in [2.45, 2.75) is 47.6 Å². The summed E-state index contributed by atoms with van der Waals surface area (Å²) in [7, 11) is 0. The topological polar surface area (TPSA) is 71.8 Å². The molecule has 0 bridgehead atoms. The van der Waals surface area contributed by atoms with Crippen LogP contribution in [0.5, 0.6) is 0 Å². The minimum absolute atomic E-state index is 0.202. The Kier molecular flexibility index (Phi) is 5.18. The number of nitrogens with zero attached hydrogens (tertiary/aromatic N) is 3. The molecule has 0 unspecified atom stereocenters. The lowest BCUT2D eigenvalue weighted by molar-refractivity contribution is 0.252. The van der Waals surface area contributed by atoms with Gasteiger partial charge in [0.05, 0.1) is 27.8 Å². The first-order valence-corrected chi connectivity index (χ1v) is 8.25. The van der Waals surface area contributed by atoms with E-state index in [1.165, 1.54) is 4.88 Å². The van der Waals surface area contributed by atoms with Gasteiger partial charge in [-0.15, -0.1) is 11.3 Å². The van der Waals surface area contributed by atoms with Gasteiger partial charge in [0.2, 0.25) is 0 Å². The molecule has 2 rings (SSSR count). The van der Waals surface area contributed by atoms with Crippen molar-refractivity contribution in [3.8, 4) is 0 Å². The number of hydrogen-bond donors (Lipinski definition) is 2. The fraction of sp³-hybridized carbons (Fsp3) is 0.533. The third-order valence-corrected chi connectivity index (χ3v) is 4.75. The number of carbonyl (C=O) groups is 1. The highest BCUT2D eigenvalue weighted by Crippen LogP contribution is 2.19. The second kappa shape index (κ2) is 6.91. The van der Waals surface area contributed by atoms with Gasteiger partial charge in [-0.2, -0.15) is 5.10 Å². The van der Waals surface area contributed by atoms with Crippen molar-refractivity contribution < 1.29 is 4.79 Å². The molecule has 2 heterocycles. The molecule has 2 aromatic heterocycles. The number of anilines is 1. The molecule has 0 atom stereocenters. The predicted octanol–water partition coefficient (Wildman–Crippen LogP) is 2.96. The Morgan fingerprint density at radius 3 is 2.50 bits per heavy atom. The molecule has 2 amide bonds. The Hall–Kier alpha value is -1.89. The average molecular weight is 321 g/mol. The fourth-order valence-electron chi connectivity index (χ4n) is 2.27. The average Bonchev–Trinajstić information content (AvgIpc) is 2.92. The quantitative estimate of drug-likeness (QED) is 0.889. The zero-order valence-electron chi connectivity index (χ0n) is 13.8. The second-order valence-corrected chi connectivity index (χ2v) is 6.53. The number of carbonyl (C=O) groups excluding carboxylic acids is 1. The number of aromatic nitrogens is 3. The number of urea groups is 1. The summed E-state index contributed by atoms with van der Waals surface area (Å²) in [5, 5.41) is 11.2. The van der Waals surface area contributed by atoms with Crippen LogP contribution >= 0.6 is 11.3 Å². The molecular weight excluding hydrogens is 298 g/mol. The van der Waals surface area contributed by atoms with Gasteiger partial charge in [0, 0.05) is 24.4 Å². The summed E-state index contributed by atoms with van der Waals surface area (Å²) in [4.78, 5) is 17.7. The summed E-state index contributed by atoms with van der Waals surface area (Å²) >= 11 is 1.69. The smallest absolute Gasteiger partial charge is 0.319 e. The standard InChI is InChI=1S/C15H23N5OS/c1-6-20-11(4)14(10(3)19-20)18-15(21)16-8-7-13-17-9(2)12(5)22-13/h6-8H2,1-5H3,(H2,16,18,21). The van der Waals surface area contributed by atoms with Gasteiger partial charge in [-0.25, -0.2) is 9.78 Å². The highest BCUT2D eigenvalue weighted by molar-refractivity contribution is 7.11. The van der Waals surface area contributed by atoms with Gasteiger partial charge in [0.15, 0.2) is 0 Å². The van der Waals surface area contributed by atoms with E-state index in [1.54, 1.807) is 11.3 Å². The molecule has 7 heteroatoms. The minimum Gasteiger partial charge on any atom is -0.337 e. The summed E-state index contributed by atoms with van der Waals surface area (Å²) in [5.74, 6) is 0. The van der Waals surface area contributed by atoms with Gasteiger partial charge in [0.1, 0.15) is 0 Å². The zero-order valence-corrected chi connectivity index (χ0v) is 14.6. The Bertz CT molecular complexity index is 654. The lowest BCUT2D eigenvalue weighted by Gasteiger charge is -2.07. The van der Waals surface area contributed by atoms with E-state index in [1.807, 2.05) is 32.4 Å². The molecule has 0 spiro atoms. The highest BCUT2D eigenvalue weighted by Gasteiger charge is 2.13. The van der Waals surface area contributed by atoms with E-state index in [4.69, 9.17) is 0 Å². The summed E-state index contributed by atoms with van der Waals surface area (Å²) in [6, 6.07) is -0.202. The molecule has 6 nitrogen and oxygen atoms in total. The number of nitrogens with one attached hydrogen (secondary N) is 2. The fourth-order valence-corrected chi connectivity index (χ4v) is 3.21. The lowest BCUT2D eigenvalue weighted by Crippen LogP contribution is -2.30. The molecule has 0 saturated carbocycles. The molecule has 120 valence electrons. The molecule has 0 fully saturated rings. The monoisotopic (exact) mass is 321 g/mol. The largest absolute Gasteiger partial charge is 0.337 e. The van der Waals surface area contributed by atoms with E-state index < -0.39 is 0 Å². The SMILES string of the molecule is CCn1nc(C)c(NC(=O)NCCc2nc(C)c(C)s2)c1C. The second-order valence-electron chi connectivity index (χ2n) is 5.24. The lowest BCUT2D eigenvalue weighted by atomic mass is 10.3. The van der Waals surface area contributed by atoms with Crippen LogP contribution in [0.25, 0.3) is 0 Å².